The third-order valence-corrected chi connectivity index (χ3v) is 10.4. The molecule has 5 amide bonds. The molecule has 15 nitrogen and oxygen atoms in total. The summed E-state index contributed by atoms with van der Waals surface area (Å²) in [7, 11) is 0. The molecule has 0 unspecified atom stereocenters. The Hall–Kier alpha value is -4.95. The summed E-state index contributed by atoms with van der Waals surface area (Å²) in [5.41, 5.74) is 1.31. The van der Waals surface area contributed by atoms with E-state index in [0.29, 0.717) is 36.4 Å². The van der Waals surface area contributed by atoms with Crippen LogP contribution in [-0.4, -0.2) is 126 Å². The summed E-state index contributed by atoms with van der Waals surface area (Å²) in [4.78, 5) is 88.1. The second-order valence-corrected chi connectivity index (χ2v) is 14.4. The van der Waals surface area contributed by atoms with Crippen LogP contribution in [0.2, 0.25) is 0 Å². The molecule has 2 saturated carbocycles. The maximum atomic E-state index is 13.9. The zero-order valence-electron chi connectivity index (χ0n) is 30.6. The lowest BCUT2D eigenvalue weighted by atomic mass is 9.93. The first-order chi connectivity index (χ1) is 25.6. The molecule has 2 aliphatic carbocycles. The Morgan fingerprint density at radius 3 is 2.36 bits per heavy atom. The van der Waals surface area contributed by atoms with Crippen molar-refractivity contribution >= 4 is 46.6 Å². The van der Waals surface area contributed by atoms with Gasteiger partial charge in [-0.15, -0.1) is 0 Å². The number of ether oxygens (including phenoxy) is 3. The van der Waals surface area contributed by atoms with Gasteiger partial charge in [0.15, 0.2) is 6.61 Å². The molecular weight excluding hydrogens is 684 g/mol. The van der Waals surface area contributed by atoms with Crippen LogP contribution in [-0.2, 0) is 28.7 Å². The van der Waals surface area contributed by atoms with Crippen LogP contribution in [0.15, 0.2) is 24.3 Å². The number of rotatable bonds is 14. The van der Waals surface area contributed by atoms with Gasteiger partial charge in [-0.1, -0.05) is 6.07 Å². The zero-order chi connectivity index (χ0) is 37.5. The smallest absolute Gasteiger partial charge is 0.409 e. The number of nitrogens with one attached hydrogen (secondary N) is 2. The molecule has 1 aromatic heterocycles. The highest BCUT2D eigenvalue weighted by Gasteiger charge is 2.36. The Balaban J connectivity index is 1.15. The molecule has 53 heavy (non-hydrogen) atoms. The topological polar surface area (TPSA) is 177 Å². The number of likely N-dealkylation sites (tertiary alicyclic amines) is 1. The normalized spacial score (nSPS) is 19.3. The summed E-state index contributed by atoms with van der Waals surface area (Å²) in [6, 6.07) is 5.46. The Bertz CT molecular complexity index is 1700. The summed E-state index contributed by atoms with van der Waals surface area (Å²) in [6.45, 7) is 5.31. The molecule has 4 fully saturated rings. The van der Waals surface area contributed by atoms with Gasteiger partial charge in [-0.25, -0.2) is 9.78 Å². The van der Waals surface area contributed by atoms with Crippen LogP contribution < -0.4 is 15.4 Å². The number of aromatic nitrogens is 1. The van der Waals surface area contributed by atoms with Gasteiger partial charge >= 0.3 is 12.1 Å². The first-order valence-corrected chi connectivity index (χ1v) is 18.9. The minimum absolute atomic E-state index is 0.00202. The fourth-order valence-corrected chi connectivity index (χ4v) is 6.82. The molecule has 2 N–H and O–H groups in total. The van der Waals surface area contributed by atoms with E-state index < -0.39 is 36.0 Å². The van der Waals surface area contributed by atoms with Crippen LogP contribution in [0.4, 0.5) is 4.79 Å². The molecule has 15 heteroatoms. The van der Waals surface area contributed by atoms with Gasteiger partial charge in [0.05, 0.1) is 18.7 Å². The molecule has 2 aliphatic heterocycles. The highest BCUT2D eigenvalue weighted by molar-refractivity contribution is 5.99. The van der Waals surface area contributed by atoms with Crippen molar-refractivity contribution in [2.24, 2.45) is 5.92 Å². The lowest BCUT2D eigenvalue weighted by Gasteiger charge is -2.36. The van der Waals surface area contributed by atoms with E-state index in [2.05, 4.69) is 15.6 Å². The molecule has 6 rings (SSSR count). The lowest BCUT2D eigenvalue weighted by molar-refractivity contribution is -0.144. The average molecular weight is 735 g/mol. The number of piperazine rings is 1. The van der Waals surface area contributed by atoms with Crippen molar-refractivity contribution in [3.63, 3.8) is 0 Å². The number of carbonyl (C=O) groups excluding carboxylic acids is 6. The van der Waals surface area contributed by atoms with Crippen LogP contribution >= 0.6 is 0 Å². The van der Waals surface area contributed by atoms with Crippen molar-refractivity contribution in [2.45, 2.75) is 89.8 Å². The number of pyridine rings is 1. The molecule has 2 aromatic rings. The first kappa shape index (κ1) is 37.8. The van der Waals surface area contributed by atoms with E-state index in [1.807, 2.05) is 13.0 Å². The fourth-order valence-electron chi connectivity index (χ4n) is 6.82. The molecule has 0 spiro atoms. The lowest BCUT2D eigenvalue weighted by Crippen LogP contribution is -2.56. The van der Waals surface area contributed by atoms with Crippen LogP contribution in [0.3, 0.4) is 0 Å². The maximum absolute atomic E-state index is 13.9. The molecular formula is C38H50N6O9. The van der Waals surface area contributed by atoms with E-state index in [9.17, 15) is 28.8 Å². The van der Waals surface area contributed by atoms with Gasteiger partial charge in [-0.3, -0.25) is 24.0 Å². The second kappa shape index (κ2) is 17.3. The van der Waals surface area contributed by atoms with Gasteiger partial charge in [-0.05, 0) is 88.8 Å². The molecule has 1 aromatic carbocycles. The van der Waals surface area contributed by atoms with Crippen molar-refractivity contribution in [3.8, 4) is 5.75 Å². The minimum atomic E-state index is -1.08. The SMILES string of the molecule is CCOC(=O)N1CCN(C(=O)[C@H](CCC(=O)OCC2CC2)NC(=O)c2cc(OCC(=O)N3CCC[C@H]3C(=O)NC3CCC3)c3ccc(C)cc3n2)CC1. The van der Waals surface area contributed by atoms with Crippen molar-refractivity contribution in [3.05, 3.63) is 35.5 Å². The van der Waals surface area contributed by atoms with E-state index in [1.165, 1.54) is 11.0 Å². The molecule has 0 radical (unpaired) electrons. The third kappa shape index (κ3) is 9.73. The summed E-state index contributed by atoms with van der Waals surface area (Å²) in [5.74, 6) is -1.33. The number of hydrogen-bond acceptors (Lipinski definition) is 10. The van der Waals surface area contributed by atoms with Gasteiger partial charge in [-0.2, -0.15) is 0 Å². The fraction of sp³-hybridized carbons (Fsp3) is 0.605. The molecule has 286 valence electrons. The number of fused-ring (bicyclic) bond motifs is 1. The summed E-state index contributed by atoms with van der Waals surface area (Å²) >= 11 is 0. The van der Waals surface area contributed by atoms with E-state index >= 15 is 0 Å². The van der Waals surface area contributed by atoms with Gasteiger partial charge in [0, 0.05) is 56.6 Å². The van der Waals surface area contributed by atoms with Crippen molar-refractivity contribution in [1.29, 1.82) is 0 Å². The van der Waals surface area contributed by atoms with E-state index in [-0.39, 0.29) is 81.5 Å². The molecule has 2 saturated heterocycles. The van der Waals surface area contributed by atoms with Gasteiger partial charge < -0.3 is 39.5 Å². The van der Waals surface area contributed by atoms with Crippen LogP contribution in [0, 0.1) is 12.8 Å². The number of nitrogens with zero attached hydrogens (tertiary/aromatic N) is 4. The van der Waals surface area contributed by atoms with Gasteiger partial charge in [0.2, 0.25) is 11.8 Å². The van der Waals surface area contributed by atoms with Gasteiger partial charge in [0.1, 0.15) is 23.5 Å². The zero-order valence-corrected chi connectivity index (χ0v) is 30.6. The van der Waals surface area contributed by atoms with Crippen LogP contribution in [0.5, 0.6) is 5.75 Å². The standard InChI is InChI=1S/C38H50N6O9/c1-3-51-38(50)43-18-16-42(17-19-43)37(49)28(13-14-34(46)53-22-25-10-11-25)41-35(47)30-21-32(27-12-9-24(2)20-29(27)40-30)52-23-33(45)44-15-5-8-31(44)36(48)39-26-6-4-7-26/h9,12,20-21,25-26,28,31H,3-8,10-11,13-19,22-23H2,1-2H3,(H,39,48)(H,41,47)/t28-,31-/m0/s1. The minimum Gasteiger partial charge on any atom is -0.483 e. The van der Waals surface area contributed by atoms with E-state index in [4.69, 9.17) is 14.2 Å². The van der Waals surface area contributed by atoms with Crippen molar-refractivity contribution in [2.75, 3.05) is 52.5 Å². The average Bonchev–Trinajstić information content (AvgIpc) is 3.84. The first-order valence-electron chi connectivity index (χ1n) is 18.9. The molecule has 0 bridgehead atoms. The largest absolute Gasteiger partial charge is 0.483 e. The number of esters is 1. The number of benzene rings is 1. The van der Waals surface area contributed by atoms with Crippen LogP contribution in [0.1, 0.15) is 80.8 Å². The Kier molecular flexibility index (Phi) is 12.3. The molecule has 2 atom stereocenters. The monoisotopic (exact) mass is 734 g/mol. The Morgan fingerprint density at radius 2 is 1.66 bits per heavy atom. The summed E-state index contributed by atoms with van der Waals surface area (Å²) < 4.78 is 16.5. The predicted octanol–water partition coefficient (Wildman–Crippen LogP) is 2.71. The second-order valence-electron chi connectivity index (χ2n) is 14.4. The summed E-state index contributed by atoms with van der Waals surface area (Å²) in [6.07, 6.45) is 5.83. The summed E-state index contributed by atoms with van der Waals surface area (Å²) in [5, 5.41) is 6.43. The molecule has 3 heterocycles. The highest BCUT2D eigenvalue weighted by Crippen LogP contribution is 2.30. The predicted molar refractivity (Wildman–Crippen MR) is 192 cm³/mol. The Labute approximate surface area is 309 Å². The van der Waals surface area contributed by atoms with E-state index in [1.54, 1.807) is 28.9 Å². The van der Waals surface area contributed by atoms with E-state index in [0.717, 1.165) is 44.1 Å². The number of carbonyl (C=O) groups is 6. The van der Waals surface area contributed by atoms with Gasteiger partial charge in [0.25, 0.3) is 11.8 Å². The van der Waals surface area contributed by atoms with Crippen LogP contribution in [0.25, 0.3) is 10.9 Å². The number of amides is 5. The number of aryl methyl sites for hydroxylation is 1. The third-order valence-electron chi connectivity index (χ3n) is 10.4. The van der Waals surface area contributed by atoms with Crippen molar-refractivity contribution in [1.82, 2.24) is 30.3 Å². The maximum Gasteiger partial charge on any atom is 0.409 e. The highest BCUT2D eigenvalue weighted by atomic mass is 16.6. The molecule has 4 aliphatic rings. The van der Waals surface area contributed by atoms with Crippen molar-refractivity contribution < 1.29 is 43.0 Å². The number of hydrogen-bond donors (Lipinski definition) is 2. The Morgan fingerprint density at radius 1 is 0.906 bits per heavy atom. The quantitative estimate of drug-likeness (QED) is 0.275.